The molecule has 1 saturated heterocycles. The van der Waals surface area contributed by atoms with Crippen LogP contribution in [0.15, 0.2) is 42.5 Å². The zero-order valence-electron chi connectivity index (χ0n) is 18.6. The fourth-order valence-electron chi connectivity index (χ4n) is 4.29. The normalized spacial score (nSPS) is 15.7. The van der Waals surface area contributed by atoms with Gasteiger partial charge < -0.3 is 14.4 Å². The van der Waals surface area contributed by atoms with Gasteiger partial charge in [-0.1, -0.05) is 29.8 Å². The number of carbonyl (C=O) groups excluding carboxylic acids is 1. The number of amides is 1. The third kappa shape index (κ3) is 4.41. The molecule has 0 saturated carbocycles. The number of nitrogens with zero attached hydrogens (tertiary/aromatic N) is 3. The molecule has 0 aliphatic carbocycles. The molecule has 32 heavy (non-hydrogen) atoms. The molecule has 2 heterocycles. The quantitative estimate of drug-likeness (QED) is 0.527. The molecule has 0 bridgehead atoms. The molecule has 1 atom stereocenters. The van der Waals surface area contributed by atoms with Crippen LogP contribution >= 0.6 is 12.2 Å². The number of likely N-dealkylation sites (tertiary alicyclic amines) is 1. The summed E-state index contributed by atoms with van der Waals surface area (Å²) in [7, 11) is 3.29. The number of H-pyrrole nitrogens is 1. The second-order valence-corrected chi connectivity index (χ2v) is 8.36. The van der Waals surface area contributed by atoms with Gasteiger partial charge >= 0.3 is 0 Å². The maximum absolute atomic E-state index is 13.3. The van der Waals surface area contributed by atoms with Gasteiger partial charge in [0.25, 0.3) is 0 Å². The number of rotatable bonds is 7. The number of aromatic amines is 1. The molecule has 3 aromatic rings. The standard InChI is InChI=1S/C24H28N4O3S/c1-16-6-8-17(9-7-16)23-25-26-24(32)28(23)14-12-22(29)27-13-4-5-20(27)19-15-18(30-2)10-11-21(19)31-3/h6-11,15,20H,4-5,12-14H2,1-3H3,(H,26,32). The zero-order valence-corrected chi connectivity index (χ0v) is 19.4. The van der Waals surface area contributed by atoms with E-state index in [1.54, 1.807) is 14.2 Å². The fraction of sp³-hybridized carbons (Fsp3) is 0.375. The molecule has 4 rings (SSSR count). The molecule has 1 aromatic heterocycles. The number of nitrogens with one attached hydrogen (secondary N) is 1. The molecule has 7 nitrogen and oxygen atoms in total. The number of methoxy groups -OCH3 is 2. The summed E-state index contributed by atoms with van der Waals surface area (Å²) in [5.74, 6) is 2.37. The number of hydrogen-bond acceptors (Lipinski definition) is 5. The Kier molecular flexibility index (Phi) is 6.60. The molecule has 0 spiro atoms. The minimum atomic E-state index is -0.0264. The molecular formula is C24H28N4O3S. The van der Waals surface area contributed by atoms with Crippen LogP contribution in [0.5, 0.6) is 11.5 Å². The van der Waals surface area contributed by atoms with Gasteiger partial charge in [0.2, 0.25) is 5.91 Å². The lowest BCUT2D eigenvalue weighted by Gasteiger charge is -2.27. The van der Waals surface area contributed by atoms with Crippen LogP contribution in [-0.4, -0.2) is 46.3 Å². The monoisotopic (exact) mass is 452 g/mol. The van der Waals surface area contributed by atoms with Gasteiger partial charge in [0.1, 0.15) is 11.5 Å². The first-order valence-electron chi connectivity index (χ1n) is 10.8. The lowest BCUT2D eigenvalue weighted by atomic mass is 10.0. The topological polar surface area (TPSA) is 72.4 Å². The minimum Gasteiger partial charge on any atom is -0.497 e. The molecule has 1 unspecified atom stereocenters. The molecule has 168 valence electrons. The number of aromatic nitrogens is 3. The van der Waals surface area contributed by atoms with E-state index in [4.69, 9.17) is 21.7 Å². The predicted octanol–water partition coefficient (Wildman–Crippen LogP) is 4.69. The van der Waals surface area contributed by atoms with Crippen molar-refractivity contribution >= 4 is 18.1 Å². The second-order valence-electron chi connectivity index (χ2n) is 7.97. The van der Waals surface area contributed by atoms with E-state index in [1.807, 2.05) is 58.9 Å². The Labute approximate surface area is 193 Å². The fourth-order valence-corrected chi connectivity index (χ4v) is 4.51. The summed E-state index contributed by atoms with van der Waals surface area (Å²) in [5, 5.41) is 7.25. The van der Waals surface area contributed by atoms with Gasteiger partial charge in [-0.25, -0.2) is 0 Å². The SMILES string of the molecule is COc1ccc(OC)c(C2CCCN2C(=O)CCn2c(-c3ccc(C)cc3)n[nH]c2=S)c1. The summed E-state index contributed by atoms with van der Waals surface area (Å²) in [4.78, 5) is 15.2. The van der Waals surface area contributed by atoms with Crippen LogP contribution in [0, 0.1) is 11.7 Å². The van der Waals surface area contributed by atoms with Crippen molar-refractivity contribution in [1.82, 2.24) is 19.7 Å². The van der Waals surface area contributed by atoms with E-state index in [0.717, 1.165) is 47.8 Å². The first-order valence-corrected chi connectivity index (χ1v) is 11.2. The van der Waals surface area contributed by atoms with Crippen LogP contribution in [0.1, 0.15) is 36.4 Å². The largest absolute Gasteiger partial charge is 0.497 e. The van der Waals surface area contributed by atoms with Gasteiger partial charge in [0, 0.05) is 30.6 Å². The Bertz CT molecular complexity index is 1150. The van der Waals surface area contributed by atoms with Crippen molar-refractivity contribution in [2.24, 2.45) is 0 Å². The van der Waals surface area contributed by atoms with E-state index in [1.165, 1.54) is 5.56 Å². The third-order valence-corrected chi connectivity index (χ3v) is 6.30. The summed E-state index contributed by atoms with van der Waals surface area (Å²) in [6, 6.07) is 13.8. The van der Waals surface area contributed by atoms with Crippen molar-refractivity contribution < 1.29 is 14.3 Å². The highest BCUT2D eigenvalue weighted by Gasteiger charge is 2.32. The van der Waals surface area contributed by atoms with Crippen molar-refractivity contribution in [3.05, 3.63) is 58.4 Å². The maximum atomic E-state index is 13.3. The first-order chi connectivity index (χ1) is 15.5. The summed E-state index contributed by atoms with van der Waals surface area (Å²) in [6.07, 6.45) is 2.20. The number of carbonyl (C=O) groups is 1. The summed E-state index contributed by atoms with van der Waals surface area (Å²) < 4.78 is 13.4. The highest BCUT2D eigenvalue weighted by Crippen LogP contribution is 2.39. The predicted molar refractivity (Wildman–Crippen MR) is 125 cm³/mol. The van der Waals surface area contributed by atoms with Crippen LogP contribution in [0.2, 0.25) is 0 Å². The van der Waals surface area contributed by atoms with Crippen molar-refractivity contribution in [2.45, 2.75) is 38.8 Å². The molecule has 1 aliphatic rings. The molecular weight excluding hydrogens is 424 g/mol. The van der Waals surface area contributed by atoms with E-state index in [-0.39, 0.29) is 11.9 Å². The number of benzene rings is 2. The Morgan fingerprint density at radius 3 is 2.69 bits per heavy atom. The highest BCUT2D eigenvalue weighted by molar-refractivity contribution is 7.71. The maximum Gasteiger partial charge on any atom is 0.224 e. The van der Waals surface area contributed by atoms with Crippen molar-refractivity contribution in [1.29, 1.82) is 0 Å². The van der Waals surface area contributed by atoms with E-state index >= 15 is 0 Å². The van der Waals surface area contributed by atoms with Crippen molar-refractivity contribution in [3.8, 4) is 22.9 Å². The van der Waals surface area contributed by atoms with Gasteiger partial charge in [-0.15, -0.1) is 0 Å². The van der Waals surface area contributed by atoms with E-state index in [9.17, 15) is 4.79 Å². The van der Waals surface area contributed by atoms with Gasteiger partial charge in [-0.05, 0) is 50.2 Å². The molecule has 0 radical (unpaired) electrons. The lowest BCUT2D eigenvalue weighted by molar-refractivity contribution is -0.132. The van der Waals surface area contributed by atoms with Gasteiger partial charge in [0.15, 0.2) is 10.6 Å². The Hall–Kier alpha value is -3.13. The second kappa shape index (κ2) is 9.56. The van der Waals surface area contributed by atoms with Gasteiger partial charge in [-0.3, -0.25) is 14.5 Å². The minimum absolute atomic E-state index is 0.0264. The van der Waals surface area contributed by atoms with Crippen LogP contribution < -0.4 is 9.47 Å². The van der Waals surface area contributed by atoms with Crippen LogP contribution in [0.4, 0.5) is 0 Å². The first kappa shape index (κ1) is 22.1. The number of hydrogen-bond donors (Lipinski definition) is 1. The van der Waals surface area contributed by atoms with E-state index in [2.05, 4.69) is 10.2 Å². The van der Waals surface area contributed by atoms with E-state index in [0.29, 0.717) is 17.7 Å². The Balaban J connectivity index is 1.52. The van der Waals surface area contributed by atoms with E-state index < -0.39 is 0 Å². The van der Waals surface area contributed by atoms with Gasteiger partial charge in [-0.2, -0.15) is 5.10 Å². The Morgan fingerprint density at radius 2 is 1.97 bits per heavy atom. The zero-order chi connectivity index (χ0) is 22.7. The smallest absolute Gasteiger partial charge is 0.224 e. The lowest BCUT2D eigenvalue weighted by Crippen LogP contribution is -2.31. The van der Waals surface area contributed by atoms with Crippen LogP contribution in [0.3, 0.4) is 0 Å². The summed E-state index contributed by atoms with van der Waals surface area (Å²) in [5.41, 5.74) is 3.13. The van der Waals surface area contributed by atoms with Crippen molar-refractivity contribution in [3.63, 3.8) is 0 Å². The summed E-state index contributed by atoms with van der Waals surface area (Å²) >= 11 is 5.44. The average molecular weight is 453 g/mol. The molecule has 1 aliphatic heterocycles. The molecule has 2 aromatic carbocycles. The number of aryl methyl sites for hydroxylation is 1. The van der Waals surface area contributed by atoms with Crippen LogP contribution in [-0.2, 0) is 11.3 Å². The average Bonchev–Trinajstić information content (AvgIpc) is 3.44. The molecule has 1 amide bonds. The number of ether oxygens (including phenoxy) is 2. The van der Waals surface area contributed by atoms with Crippen LogP contribution in [0.25, 0.3) is 11.4 Å². The molecule has 1 fully saturated rings. The Morgan fingerprint density at radius 1 is 1.19 bits per heavy atom. The third-order valence-electron chi connectivity index (χ3n) is 5.99. The van der Waals surface area contributed by atoms with Crippen molar-refractivity contribution in [2.75, 3.05) is 20.8 Å². The summed E-state index contributed by atoms with van der Waals surface area (Å²) in [6.45, 7) is 3.24. The highest BCUT2D eigenvalue weighted by atomic mass is 32.1. The van der Waals surface area contributed by atoms with Gasteiger partial charge in [0.05, 0.1) is 20.3 Å². The molecule has 8 heteroatoms. The molecule has 1 N–H and O–H groups in total.